The molecule has 1 aromatic heterocycles. The molecule has 1 heterocycles. The fourth-order valence-corrected chi connectivity index (χ4v) is 2.09. The molecule has 0 bridgehead atoms. The maximum atomic E-state index is 10.7. The molecule has 19 heavy (non-hydrogen) atoms. The monoisotopic (exact) mass is 248 g/mol. The molecule has 3 nitrogen and oxygen atoms in total. The molecule has 0 saturated heterocycles. The quantitative estimate of drug-likeness (QED) is 0.720. The number of H-pyrrole nitrogens is 1. The summed E-state index contributed by atoms with van der Waals surface area (Å²) in [6.45, 7) is 0. The van der Waals surface area contributed by atoms with Crippen molar-refractivity contribution in [2.24, 2.45) is 0 Å². The zero-order valence-corrected chi connectivity index (χ0v) is 10.2. The number of imidazole rings is 1. The van der Waals surface area contributed by atoms with Gasteiger partial charge in [0.2, 0.25) is 0 Å². The van der Waals surface area contributed by atoms with Crippen molar-refractivity contribution in [1.82, 2.24) is 9.97 Å². The molecular weight excluding hydrogens is 236 g/mol. The van der Waals surface area contributed by atoms with E-state index in [0.717, 1.165) is 23.0 Å². The second-order valence-corrected chi connectivity index (χ2v) is 4.22. The second-order valence-electron chi connectivity index (χ2n) is 4.22. The molecule has 2 aromatic carbocycles. The Bertz CT molecular complexity index is 702. The van der Waals surface area contributed by atoms with E-state index in [4.69, 9.17) is 0 Å². The predicted molar refractivity (Wildman–Crippen MR) is 74.8 cm³/mol. The topological polar surface area (TPSA) is 45.8 Å². The number of benzene rings is 2. The average Bonchev–Trinajstić information content (AvgIpc) is 2.97. The first-order chi connectivity index (χ1) is 9.38. The summed E-state index contributed by atoms with van der Waals surface area (Å²) in [5, 5.41) is 0. The highest BCUT2D eigenvalue weighted by Gasteiger charge is 2.09. The van der Waals surface area contributed by atoms with Crippen LogP contribution in [0, 0.1) is 0 Å². The van der Waals surface area contributed by atoms with Gasteiger partial charge in [-0.1, -0.05) is 54.6 Å². The molecule has 0 saturated carbocycles. The van der Waals surface area contributed by atoms with Crippen LogP contribution in [0.4, 0.5) is 0 Å². The molecular formula is C16H12N2O. The fraction of sp³-hybridized carbons (Fsp3) is 0. The van der Waals surface area contributed by atoms with Crippen LogP contribution in [0.15, 0.2) is 60.8 Å². The standard InChI is InChI=1S/C16H12N2O/c19-11-13-10-17-16(18-13)15-9-5-4-8-14(15)12-6-2-1-3-7-12/h1-11H,(H,17,18). The summed E-state index contributed by atoms with van der Waals surface area (Å²) >= 11 is 0. The number of aldehydes is 1. The van der Waals surface area contributed by atoms with Crippen molar-refractivity contribution < 1.29 is 4.79 Å². The lowest BCUT2D eigenvalue weighted by atomic mass is 9.99. The fourth-order valence-electron chi connectivity index (χ4n) is 2.09. The zero-order chi connectivity index (χ0) is 13.1. The van der Waals surface area contributed by atoms with Gasteiger partial charge in [0.1, 0.15) is 5.82 Å². The Hall–Kier alpha value is -2.68. The second kappa shape index (κ2) is 4.90. The van der Waals surface area contributed by atoms with Crippen molar-refractivity contribution in [1.29, 1.82) is 0 Å². The highest BCUT2D eigenvalue weighted by molar-refractivity contribution is 5.82. The Labute approximate surface area is 111 Å². The largest absolute Gasteiger partial charge is 0.336 e. The lowest BCUT2D eigenvalue weighted by Crippen LogP contribution is -1.87. The lowest BCUT2D eigenvalue weighted by Gasteiger charge is -2.07. The van der Waals surface area contributed by atoms with Crippen molar-refractivity contribution in [3.63, 3.8) is 0 Å². The first kappa shape index (κ1) is 11.4. The van der Waals surface area contributed by atoms with E-state index >= 15 is 0 Å². The normalized spacial score (nSPS) is 10.3. The van der Waals surface area contributed by atoms with Crippen molar-refractivity contribution in [3.05, 3.63) is 66.5 Å². The van der Waals surface area contributed by atoms with Gasteiger partial charge in [-0.2, -0.15) is 0 Å². The highest BCUT2D eigenvalue weighted by Crippen LogP contribution is 2.29. The molecule has 0 aliphatic carbocycles. The van der Waals surface area contributed by atoms with Crippen LogP contribution in [0.25, 0.3) is 22.5 Å². The third-order valence-electron chi connectivity index (χ3n) is 2.99. The number of hydrogen-bond donors (Lipinski definition) is 1. The summed E-state index contributed by atoms with van der Waals surface area (Å²) in [7, 11) is 0. The number of aromatic nitrogens is 2. The van der Waals surface area contributed by atoms with Gasteiger partial charge >= 0.3 is 0 Å². The maximum Gasteiger partial charge on any atom is 0.167 e. The van der Waals surface area contributed by atoms with E-state index in [9.17, 15) is 4.79 Å². The Balaban J connectivity index is 2.14. The van der Waals surface area contributed by atoms with Gasteiger partial charge in [-0.3, -0.25) is 4.79 Å². The minimum Gasteiger partial charge on any atom is -0.336 e. The maximum absolute atomic E-state index is 10.7. The van der Waals surface area contributed by atoms with E-state index in [-0.39, 0.29) is 0 Å². The summed E-state index contributed by atoms with van der Waals surface area (Å²) in [4.78, 5) is 18.0. The van der Waals surface area contributed by atoms with Crippen molar-refractivity contribution in [2.45, 2.75) is 0 Å². The summed E-state index contributed by atoms with van der Waals surface area (Å²) in [6.07, 6.45) is 2.31. The Morgan fingerprint density at radius 2 is 1.58 bits per heavy atom. The van der Waals surface area contributed by atoms with Gasteiger partial charge in [0.25, 0.3) is 0 Å². The summed E-state index contributed by atoms with van der Waals surface area (Å²) < 4.78 is 0. The molecule has 0 atom stereocenters. The van der Waals surface area contributed by atoms with Crippen LogP contribution in [-0.2, 0) is 0 Å². The van der Waals surface area contributed by atoms with Crippen LogP contribution in [0.5, 0.6) is 0 Å². The molecule has 0 unspecified atom stereocenters. The molecule has 3 aromatic rings. The van der Waals surface area contributed by atoms with Crippen molar-refractivity contribution in [3.8, 4) is 22.5 Å². The number of rotatable bonds is 3. The number of hydrogen-bond acceptors (Lipinski definition) is 2. The smallest absolute Gasteiger partial charge is 0.167 e. The highest BCUT2D eigenvalue weighted by atomic mass is 16.1. The minimum atomic E-state index is 0.484. The lowest BCUT2D eigenvalue weighted by molar-refractivity contribution is 0.111. The summed E-state index contributed by atoms with van der Waals surface area (Å²) in [5.74, 6) is 0.710. The van der Waals surface area contributed by atoms with E-state index in [1.165, 1.54) is 0 Å². The number of aromatic amines is 1. The molecule has 0 aliphatic heterocycles. The van der Waals surface area contributed by atoms with Crippen LogP contribution in [-0.4, -0.2) is 16.3 Å². The number of nitrogens with zero attached hydrogens (tertiary/aromatic N) is 1. The number of carbonyl (C=O) groups excluding carboxylic acids is 1. The van der Waals surface area contributed by atoms with Gasteiger partial charge in [-0.05, 0) is 11.1 Å². The molecule has 0 fully saturated rings. The van der Waals surface area contributed by atoms with Crippen LogP contribution in [0.2, 0.25) is 0 Å². The van der Waals surface area contributed by atoms with Crippen LogP contribution in [0.3, 0.4) is 0 Å². The molecule has 3 heteroatoms. The summed E-state index contributed by atoms with van der Waals surface area (Å²) in [6, 6.07) is 18.1. The van der Waals surface area contributed by atoms with Crippen LogP contribution < -0.4 is 0 Å². The Kier molecular flexibility index (Phi) is 2.94. The molecule has 1 N–H and O–H groups in total. The minimum absolute atomic E-state index is 0.484. The van der Waals surface area contributed by atoms with E-state index in [1.807, 2.05) is 42.5 Å². The van der Waals surface area contributed by atoms with Gasteiger partial charge in [-0.25, -0.2) is 4.98 Å². The SMILES string of the molecule is O=Cc1cnc(-c2ccccc2-c2ccccc2)[nH]1. The average molecular weight is 248 g/mol. The number of carbonyl (C=O) groups is 1. The van der Waals surface area contributed by atoms with Gasteiger partial charge < -0.3 is 4.98 Å². The van der Waals surface area contributed by atoms with Gasteiger partial charge in [0.15, 0.2) is 6.29 Å². The third-order valence-corrected chi connectivity index (χ3v) is 2.99. The van der Waals surface area contributed by atoms with E-state index in [0.29, 0.717) is 11.5 Å². The first-order valence-electron chi connectivity index (χ1n) is 6.03. The van der Waals surface area contributed by atoms with Crippen LogP contribution in [0.1, 0.15) is 10.5 Å². The van der Waals surface area contributed by atoms with Gasteiger partial charge in [0, 0.05) is 5.56 Å². The molecule has 0 spiro atoms. The molecule has 92 valence electrons. The Morgan fingerprint density at radius 3 is 2.26 bits per heavy atom. The molecule has 0 amide bonds. The molecule has 0 aliphatic rings. The zero-order valence-electron chi connectivity index (χ0n) is 10.2. The predicted octanol–water partition coefficient (Wildman–Crippen LogP) is 3.56. The number of nitrogens with one attached hydrogen (secondary N) is 1. The van der Waals surface area contributed by atoms with Crippen LogP contribution >= 0.6 is 0 Å². The van der Waals surface area contributed by atoms with Crippen molar-refractivity contribution in [2.75, 3.05) is 0 Å². The van der Waals surface area contributed by atoms with E-state index < -0.39 is 0 Å². The van der Waals surface area contributed by atoms with E-state index in [2.05, 4.69) is 22.1 Å². The molecule has 3 rings (SSSR count). The first-order valence-corrected chi connectivity index (χ1v) is 6.03. The molecule has 0 radical (unpaired) electrons. The van der Waals surface area contributed by atoms with E-state index in [1.54, 1.807) is 6.20 Å². The van der Waals surface area contributed by atoms with Gasteiger partial charge in [0.05, 0.1) is 11.9 Å². The summed E-state index contributed by atoms with van der Waals surface area (Å²) in [5.41, 5.74) is 3.69. The third kappa shape index (κ3) is 2.18. The Morgan fingerprint density at radius 1 is 0.895 bits per heavy atom. The van der Waals surface area contributed by atoms with Gasteiger partial charge in [-0.15, -0.1) is 0 Å². The van der Waals surface area contributed by atoms with Crippen molar-refractivity contribution >= 4 is 6.29 Å².